The first-order valence-corrected chi connectivity index (χ1v) is 3.67. The maximum atomic E-state index is 10.1. The Morgan fingerprint density at radius 2 is 2.22 bits per heavy atom. The minimum Gasteiger partial charge on any atom is -0.516 e. The van der Waals surface area contributed by atoms with Gasteiger partial charge >= 0.3 is 0 Å². The molecule has 0 rings (SSSR count). The van der Waals surface area contributed by atoms with Crippen LogP contribution in [0.15, 0.2) is 12.3 Å². The average Bonchev–Trinajstić information content (AvgIpc) is 1.63. The van der Waals surface area contributed by atoms with E-state index in [0.29, 0.717) is 0 Å². The first kappa shape index (κ1) is 8.41. The highest BCUT2D eigenvalue weighted by molar-refractivity contribution is 7.87. The van der Waals surface area contributed by atoms with E-state index in [-0.39, 0.29) is 6.54 Å². The Balaban J connectivity index is 3.53. The lowest BCUT2D eigenvalue weighted by Crippen LogP contribution is -2.30. The highest BCUT2D eigenvalue weighted by Crippen LogP contribution is 1.67. The molecule has 0 heterocycles. The van der Waals surface area contributed by atoms with E-state index in [1.165, 1.54) is 6.08 Å². The Kier molecular flexibility index (Phi) is 3.21. The first-order valence-electron chi connectivity index (χ1n) is 2.13. The van der Waals surface area contributed by atoms with Crippen LogP contribution in [0.25, 0.3) is 0 Å². The molecule has 4 N–H and O–H groups in total. The van der Waals surface area contributed by atoms with Gasteiger partial charge in [0, 0.05) is 6.54 Å². The summed E-state index contributed by atoms with van der Waals surface area (Å²) < 4.78 is 22.0. The van der Waals surface area contributed by atoms with Crippen molar-refractivity contribution in [3.05, 3.63) is 12.3 Å². The summed E-state index contributed by atoms with van der Waals surface area (Å²) in [5.41, 5.74) is 0. The molecule has 0 atom stereocenters. The van der Waals surface area contributed by atoms with E-state index in [1.807, 2.05) is 4.72 Å². The quantitative estimate of drug-likeness (QED) is 0.446. The van der Waals surface area contributed by atoms with Crippen LogP contribution in [-0.4, -0.2) is 20.1 Å². The van der Waals surface area contributed by atoms with Gasteiger partial charge in [-0.2, -0.15) is 13.1 Å². The van der Waals surface area contributed by atoms with Gasteiger partial charge in [-0.15, -0.1) is 0 Å². The maximum absolute atomic E-state index is 10.1. The number of nitrogens with one attached hydrogen (secondary N) is 1. The lowest BCUT2D eigenvalue weighted by atomic mass is 10.6. The van der Waals surface area contributed by atoms with E-state index in [0.717, 1.165) is 6.26 Å². The third kappa shape index (κ3) is 7.41. The summed E-state index contributed by atoms with van der Waals surface area (Å²) in [7, 11) is -3.61. The second-order valence-electron chi connectivity index (χ2n) is 1.28. The smallest absolute Gasteiger partial charge is 0.274 e. The fraction of sp³-hybridized carbons (Fsp3) is 0.333. The van der Waals surface area contributed by atoms with Crippen LogP contribution in [0.5, 0.6) is 0 Å². The van der Waals surface area contributed by atoms with Crippen molar-refractivity contribution in [1.29, 1.82) is 0 Å². The molecular formula is C3H8N2O3S. The van der Waals surface area contributed by atoms with Crippen molar-refractivity contribution in [2.45, 2.75) is 0 Å². The second-order valence-corrected chi connectivity index (χ2v) is 2.66. The second kappa shape index (κ2) is 3.44. The molecule has 0 aromatic heterocycles. The predicted molar refractivity (Wildman–Crippen MR) is 32.9 cm³/mol. The van der Waals surface area contributed by atoms with Crippen LogP contribution in [0.4, 0.5) is 0 Å². The fourth-order valence-electron chi connectivity index (χ4n) is 0.217. The van der Waals surface area contributed by atoms with Gasteiger partial charge in [-0.05, 0) is 6.08 Å². The largest absolute Gasteiger partial charge is 0.516 e. The molecule has 6 heteroatoms. The number of aliphatic hydroxyl groups excluding tert-OH is 1. The van der Waals surface area contributed by atoms with Crippen molar-refractivity contribution >= 4 is 10.2 Å². The van der Waals surface area contributed by atoms with E-state index in [9.17, 15) is 8.42 Å². The molecule has 0 bridgehead atoms. The molecule has 0 aromatic rings. The van der Waals surface area contributed by atoms with Crippen molar-refractivity contribution in [1.82, 2.24) is 4.72 Å². The highest BCUT2D eigenvalue weighted by Gasteiger charge is 1.94. The molecular weight excluding hydrogens is 144 g/mol. The molecule has 0 aliphatic heterocycles. The Morgan fingerprint density at radius 3 is 2.56 bits per heavy atom. The third-order valence-electron chi connectivity index (χ3n) is 0.508. The van der Waals surface area contributed by atoms with Crippen molar-refractivity contribution in [3.8, 4) is 0 Å². The zero-order chi connectivity index (χ0) is 7.33. The lowest BCUT2D eigenvalue weighted by Gasteiger charge is -1.93. The van der Waals surface area contributed by atoms with Crippen LogP contribution >= 0.6 is 0 Å². The van der Waals surface area contributed by atoms with Gasteiger partial charge in [0.25, 0.3) is 10.2 Å². The van der Waals surface area contributed by atoms with E-state index < -0.39 is 10.2 Å². The van der Waals surface area contributed by atoms with E-state index >= 15 is 0 Å². The van der Waals surface area contributed by atoms with Gasteiger partial charge in [0.1, 0.15) is 0 Å². The monoisotopic (exact) mass is 152 g/mol. The molecule has 5 nitrogen and oxygen atoms in total. The fourth-order valence-corrected chi connectivity index (χ4v) is 0.546. The SMILES string of the molecule is NS(=O)(=O)NCC=CO. The van der Waals surface area contributed by atoms with Gasteiger partial charge in [-0.25, -0.2) is 5.14 Å². The van der Waals surface area contributed by atoms with Gasteiger partial charge in [0.15, 0.2) is 0 Å². The van der Waals surface area contributed by atoms with Crippen molar-refractivity contribution in [2.24, 2.45) is 5.14 Å². The molecule has 0 spiro atoms. The van der Waals surface area contributed by atoms with Crippen LogP contribution in [0, 0.1) is 0 Å². The average molecular weight is 152 g/mol. The Hall–Kier alpha value is -0.590. The van der Waals surface area contributed by atoms with Crippen molar-refractivity contribution in [3.63, 3.8) is 0 Å². The van der Waals surface area contributed by atoms with Gasteiger partial charge in [-0.1, -0.05) is 0 Å². The van der Waals surface area contributed by atoms with Gasteiger partial charge < -0.3 is 5.11 Å². The predicted octanol–water partition coefficient (Wildman–Crippen LogP) is -1.15. The Bertz CT molecular complexity index is 183. The number of hydrogen-bond acceptors (Lipinski definition) is 3. The first-order chi connectivity index (χ1) is 4.06. The normalized spacial score (nSPS) is 12.6. The maximum Gasteiger partial charge on any atom is 0.274 e. The summed E-state index contributed by atoms with van der Waals surface area (Å²) in [5.74, 6) is 0. The van der Waals surface area contributed by atoms with Crippen molar-refractivity contribution < 1.29 is 13.5 Å². The highest BCUT2D eigenvalue weighted by atomic mass is 32.2. The standard InChI is InChI=1S/C3H8N2O3S/c4-9(7,8)5-2-1-3-6/h1,3,5-6H,2H2,(H2,4,7,8). The van der Waals surface area contributed by atoms with Crippen molar-refractivity contribution in [2.75, 3.05) is 6.54 Å². The number of hydrogen-bond donors (Lipinski definition) is 3. The van der Waals surface area contributed by atoms with Gasteiger partial charge in [-0.3, -0.25) is 0 Å². The van der Waals surface area contributed by atoms with Crippen LogP contribution < -0.4 is 9.86 Å². The lowest BCUT2D eigenvalue weighted by molar-refractivity contribution is 0.471. The molecule has 0 saturated heterocycles. The molecule has 0 fully saturated rings. The summed E-state index contributed by atoms with van der Waals surface area (Å²) in [4.78, 5) is 0. The molecule has 0 saturated carbocycles. The Labute approximate surface area is 53.4 Å². The summed E-state index contributed by atoms with van der Waals surface area (Å²) >= 11 is 0. The number of nitrogens with two attached hydrogens (primary N) is 1. The van der Waals surface area contributed by atoms with Crippen LogP contribution in [0.2, 0.25) is 0 Å². The minimum absolute atomic E-state index is 0.00926. The molecule has 0 aliphatic rings. The van der Waals surface area contributed by atoms with E-state index in [1.54, 1.807) is 0 Å². The molecule has 9 heavy (non-hydrogen) atoms. The Morgan fingerprint density at radius 1 is 1.67 bits per heavy atom. The van der Waals surface area contributed by atoms with E-state index in [4.69, 9.17) is 5.11 Å². The summed E-state index contributed by atoms with van der Waals surface area (Å²) in [5, 5.41) is 12.5. The zero-order valence-corrected chi connectivity index (χ0v) is 5.43. The molecule has 54 valence electrons. The van der Waals surface area contributed by atoms with Crippen LogP contribution in [-0.2, 0) is 10.2 Å². The number of rotatable bonds is 3. The summed E-state index contributed by atoms with van der Waals surface area (Å²) in [6.45, 7) is 0.00926. The van der Waals surface area contributed by atoms with Crippen LogP contribution in [0.3, 0.4) is 0 Å². The zero-order valence-electron chi connectivity index (χ0n) is 4.61. The molecule has 0 unspecified atom stereocenters. The molecule has 0 aromatic carbocycles. The summed E-state index contributed by atoms with van der Waals surface area (Å²) in [6.07, 6.45) is 1.95. The molecule has 0 amide bonds. The van der Waals surface area contributed by atoms with Gasteiger partial charge in [0.2, 0.25) is 0 Å². The number of aliphatic hydroxyl groups is 1. The van der Waals surface area contributed by atoms with E-state index in [2.05, 4.69) is 5.14 Å². The van der Waals surface area contributed by atoms with Crippen LogP contribution in [0.1, 0.15) is 0 Å². The molecule has 0 aliphatic carbocycles. The molecule has 0 radical (unpaired) electrons. The van der Waals surface area contributed by atoms with Gasteiger partial charge in [0.05, 0.1) is 6.26 Å². The summed E-state index contributed by atoms with van der Waals surface area (Å²) in [6, 6.07) is 0. The minimum atomic E-state index is -3.61. The topological polar surface area (TPSA) is 92.4 Å². The third-order valence-corrected chi connectivity index (χ3v) is 1.08.